The van der Waals surface area contributed by atoms with Gasteiger partial charge in [-0.25, -0.2) is 9.88 Å². The minimum absolute atomic E-state index is 0.105. The number of rotatable bonds is 4. The van der Waals surface area contributed by atoms with E-state index in [0.717, 1.165) is 21.8 Å². The van der Waals surface area contributed by atoms with Gasteiger partial charge in [0.15, 0.2) is 10.9 Å². The Kier molecular flexibility index (Phi) is 4.09. The van der Waals surface area contributed by atoms with Crippen LogP contribution in [0.3, 0.4) is 0 Å². The molecule has 5 nitrogen and oxygen atoms in total. The van der Waals surface area contributed by atoms with Crippen LogP contribution >= 0.6 is 11.3 Å². The van der Waals surface area contributed by atoms with Crippen molar-refractivity contribution in [2.45, 2.75) is 26.7 Å². The summed E-state index contributed by atoms with van der Waals surface area (Å²) >= 11 is 1.10. The first kappa shape index (κ1) is 15.6. The molecule has 0 radical (unpaired) electrons. The molecule has 6 heteroatoms. The van der Waals surface area contributed by atoms with E-state index in [0.29, 0.717) is 22.1 Å². The Morgan fingerprint density at radius 3 is 2.61 bits per heavy atom. The van der Waals surface area contributed by atoms with Crippen LogP contribution in [-0.2, 0) is 16.0 Å². The van der Waals surface area contributed by atoms with E-state index in [-0.39, 0.29) is 29.9 Å². The largest absolute Gasteiger partial charge is 0.294 e. The molecule has 1 aromatic heterocycles. The molecule has 3 rings (SSSR count). The highest BCUT2D eigenvalue weighted by molar-refractivity contribution is 7.18. The molecule has 0 aliphatic carbocycles. The van der Waals surface area contributed by atoms with Crippen molar-refractivity contribution in [1.82, 2.24) is 4.98 Å². The summed E-state index contributed by atoms with van der Waals surface area (Å²) in [5.41, 5.74) is 1.59. The normalized spacial score (nSPS) is 17.8. The third kappa shape index (κ3) is 2.94. The average molecular weight is 328 g/mol. The SMILES string of the molecule is CC(=O)c1sc(N2C(=O)CC(Cc3ccccc3)C2=O)nc1C. The molecule has 2 heterocycles. The van der Waals surface area contributed by atoms with Crippen LogP contribution in [0.4, 0.5) is 5.13 Å². The summed E-state index contributed by atoms with van der Waals surface area (Å²) in [6, 6.07) is 9.64. The van der Waals surface area contributed by atoms with Crippen LogP contribution in [0.25, 0.3) is 0 Å². The Bertz CT molecular complexity index is 782. The van der Waals surface area contributed by atoms with Gasteiger partial charge in [0.1, 0.15) is 0 Å². The van der Waals surface area contributed by atoms with Crippen LogP contribution in [0.2, 0.25) is 0 Å². The predicted octanol–water partition coefficient (Wildman–Crippen LogP) is 2.78. The number of aryl methyl sites for hydroxylation is 1. The number of Topliss-reactive ketones (excluding diaryl/α,β-unsaturated/α-hetero) is 1. The van der Waals surface area contributed by atoms with Gasteiger partial charge in [-0.1, -0.05) is 41.7 Å². The number of carbonyl (C=O) groups is 3. The third-order valence-corrected chi connectivity index (χ3v) is 5.10. The van der Waals surface area contributed by atoms with Crippen LogP contribution in [-0.4, -0.2) is 22.6 Å². The second-order valence-corrected chi connectivity index (χ2v) is 6.60. The van der Waals surface area contributed by atoms with E-state index in [4.69, 9.17) is 0 Å². The van der Waals surface area contributed by atoms with Crippen LogP contribution in [0, 0.1) is 12.8 Å². The van der Waals surface area contributed by atoms with Gasteiger partial charge in [0.05, 0.1) is 16.5 Å². The van der Waals surface area contributed by atoms with E-state index in [1.807, 2.05) is 30.3 Å². The van der Waals surface area contributed by atoms with Crippen LogP contribution in [0.5, 0.6) is 0 Å². The highest BCUT2D eigenvalue weighted by atomic mass is 32.1. The molecule has 1 unspecified atom stereocenters. The number of thiazole rings is 1. The van der Waals surface area contributed by atoms with Gasteiger partial charge in [0, 0.05) is 13.3 Å². The molecule has 118 valence electrons. The summed E-state index contributed by atoms with van der Waals surface area (Å²) in [5, 5.41) is 0.304. The second-order valence-electron chi connectivity index (χ2n) is 5.63. The van der Waals surface area contributed by atoms with E-state index in [9.17, 15) is 14.4 Å². The van der Waals surface area contributed by atoms with Crippen LogP contribution in [0.15, 0.2) is 30.3 Å². The quantitative estimate of drug-likeness (QED) is 0.639. The molecular formula is C17H16N2O3S. The molecule has 0 N–H and O–H groups in total. The van der Waals surface area contributed by atoms with Gasteiger partial charge < -0.3 is 0 Å². The number of hydrogen-bond acceptors (Lipinski definition) is 5. The van der Waals surface area contributed by atoms with Crippen molar-refractivity contribution in [1.29, 1.82) is 0 Å². The minimum atomic E-state index is -0.366. The fraction of sp³-hybridized carbons (Fsp3) is 0.294. The number of aromatic nitrogens is 1. The van der Waals surface area contributed by atoms with E-state index in [1.54, 1.807) is 6.92 Å². The van der Waals surface area contributed by atoms with Gasteiger partial charge in [-0.05, 0) is 18.9 Å². The molecule has 1 saturated heterocycles. The molecule has 2 amide bonds. The van der Waals surface area contributed by atoms with Gasteiger partial charge in [-0.3, -0.25) is 14.4 Å². The van der Waals surface area contributed by atoms with Gasteiger partial charge in [-0.15, -0.1) is 0 Å². The van der Waals surface area contributed by atoms with Crippen molar-refractivity contribution in [3.63, 3.8) is 0 Å². The molecule has 0 bridgehead atoms. The molecule has 0 spiro atoms. The third-order valence-electron chi connectivity index (χ3n) is 3.86. The lowest BCUT2D eigenvalue weighted by molar-refractivity contribution is -0.122. The molecule has 0 saturated carbocycles. The molecular weight excluding hydrogens is 312 g/mol. The number of carbonyl (C=O) groups excluding carboxylic acids is 3. The first-order valence-electron chi connectivity index (χ1n) is 7.36. The maximum Gasteiger partial charge on any atom is 0.239 e. The molecule has 1 aromatic carbocycles. The first-order valence-corrected chi connectivity index (χ1v) is 8.18. The Hall–Kier alpha value is -2.34. The summed E-state index contributed by atoms with van der Waals surface area (Å²) in [4.78, 5) is 42.3. The highest BCUT2D eigenvalue weighted by Gasteiger charge is 2.41. The number of ketones is 1. The number of amides is 2. The molecule has 1 atom stereocenters. The zero-order valence-corrected chi connectivity index (χ0v) is 13.7. The Morgan fingerprint density at radius 1 is 1.30 bits per heavy atom. The summed E-state index contributed by atoms with van der Waals surface area (Å²) in [6.45, 7) is 3.17. The number of anilines is 1. The summed E-state index contributed by atoms with van der Waals surface area (Å²) in [6.07, 6.45) is 0.716. The van der Waals surface area contributed by atoms with Gasteiger partial charge in [0.25, 0.3) is 0 Å². The van der Waals surface area contributed by atoms with Crippen molar-refractivity contribution in [3.05, 3.63) is 46.5 Å². The van der Waals surface area contributed by atoms with E-state index in [2.05, 4.69) is 4.98 Å². The molecule has 1 fully saturated rings. The maximum absolute atomic E-state index is 12.6. The summed E-state index contributed by atoms with van der Waals surface area (Å²) < 4.78 is 0. The van der Waals surface area contributed by atoms with Crippen molar-refractivity contribution in [3.8, 4) is 0 Å². The minimum Gasteiger partial charge on any atom is -0.294 e. The number of benzene rings is 1. The topological polar surface area (TPSA) is 67.3 Å². The summed E-state index contributed by atoms with van der Waals surface area (Å²) in [7, 11) is 0. The maximum atomic E-state index is 12.6. The smallest absolute Gasteiger partial charge is 0.239 e. The second kappa shape index (κ2) is 6.04. The fourth-order valence-electron chi connectivity index (χ4n) is 2.76. The van der Waals surface area contributed by atoms with Crippen LogP contribution in [0.1, 0.15) is 34.3 Å². The van der Waals surface area contributed by atoms with Crippen LogP contribution < -0.4 is 4.90 Å². The Labute approximate surface area is 138 Å². The summed E-state index contributed by atoms with van der Waals surface area (Å²) in [5.74, 6) is -0.955. The zero-order chi connectivity index (χ0) is 16.6. The predicted molar refractivity (Wildman–Crippen MR) is 87.6 cm³/mol. The van der Waals surface area contributed by atoms with Gasteiger partial charge in [0.2, 0.25) is 11.8 Å². The average Bonchev–Trinajstić information content (AvgIpc) is 3.01. The molecule has 2 aromatic rings. The van der Waals surface area contributed by atoms with Gasteiger partial charge >= 0.3 is 0 Å². The Balaban J connectivity index is 1.84. The zero-order valence-electron chi connectivity index (χ0n) is 12.9. The molecule has 1 aliphatic rings. The highest BCUT2D eigenvalue weighted by Crippen LogP contribution is 2.33. The lowest BCUT2D eigenvalue weighted by Crippen LogP contribution is -2.30. The van der Waals surface area contributed by atoms with Gasteiger partial charge in [-0.2, -0.15) is 0 Å². The fourth-order valence-corrected chi connectivity index (χ4v) is 3.74. The van der Waals surface area contributed by atoms with Crippen molar-refractivity contribution in [2.75, 3.05) is 4.90 Å². The van der Waals surface area contributed by atoms with E-state index >= 15 is 0 Å². The first-order chi connectivity index (χ1) is 11.0. The number of hydrogen-bond donors (Lipinski definition) is 0. The van der Waals surface area contributed by atoms with E-state index in [1.165, 1.54) is 6.92 Å². The van der Waals surface area contributed by atoms with Crippen molar-refractivity contribution < 1.29 is 14.4 Å². The number of nitrogens with zero attached hydrogens (tertiary/aromatic N) is 2. The Morgan fingerprint density at radius 2 is 2.00 bits per heavy atom. The lowest BCUT2D eigenvalue weighted by Gasteiger charge is -2.11. The molecule has 1 aliphatic heterocycles. The lowest BCUT2D eigenvalue weighted by atomic mass is 9.98. The molecule has 23 heavy (non-hydrogen) atoms. The monoisotopic (exact) mass is 328 g/mol. The van der Waals surface area contributed by atoms with Crippen molar-refractivity contribution in [2.24, 2.45) is 5.92 Å². The standard InChI is InChI=1S/C17H16N2O3S/c1-10-15(11(2)20)23-17(18-10)19-14(21)9-13(16(19)22)8-12-6-4-3-5-7-12/h3-7,13H,8-9H2,1-2H3. The number of imide groups is 1. The van der Waals surface area contributed by atoms with E-state index < -0.39 is 0 Å². The van der Waals surface area contributed by atoms with Crippen molar-refractivity contribution >= 4 is 34.1 Å².